The number of ether oxygens (including phenoxy) is 1. The van der Waals surface area contributed by atoms with Gasteiger partial charge in [0.25, 0.3) is 0 Å². The lowest BCUT2D eigenvalue weighted by atomic mass is 10.1. The minimum atomic E-state index is -1.48. The van der Waals surface area contributed by atoms with E-state index in [1.807, 2.05) is 0 Å². The number of aliphatic hydroxyl groups excluding tert-OH is 3. The second-order valence-corrected chi connectivity index (χ2v) is 3.89. The third kappa shape index (κ3) is 1.97. The molecule has 0 aliphatic carbocycles. The van der Waals surface area contributed by atoms with Crippen molar-refractivity contribution in [3.8, 4) is 0 Å². The van der Waals surface area contributed by atoms with Crippen LogP contribution in [0.5, 0.6) is 0 Å². The van der Waals surface area contributed by atoms with Gasteiger partial charge in [-0.3, -0.25) is 4.57 Å². The zero-order valence-corrected chi connectivity index (χ0v) is 9.10. The number of nitrogens with zero attached hydrogens (tertiary/aromatic N) is 2. The van der Waals surface area contributed by atoms with Gasteiger partial charge in [-0.2, -0.15) is 4.98 Å². The Hall–Kier alpha value is -1.55. The van der Waals surface area contributed by atoms with Gasteiger partial charge >= 0.3 is 5.69 Å². The van der Waals surface area contributed by atoms with Crippen molar-refractivity contribution < 1.29 is 24.4 Å². The van der Waals surface area contributed by atoms with Gasteiger partial charge in [0.2, 0.25) is 0 Å². The lowest BCUT2D eigenvalue weighted by Crippen LogP contribution is -2.36. The summed E-state index contributed by atoms with van der Waals surface area (Å²) in [5.74, 6) is -1.52. The average molecular weight is 261 g/mol. The molecule has 4 atom stereocenters. The Kier molecular flexibility index (Phi) is 3.30. The topological polar surface area (TPSA) is 131 Å². The summed E-state index contributed by atoms with van der Waals surface area (Å²) in [5.41, 5.74) is 4.18. The number of rotatable bonds is 2. The van der Waals surface area contributed by atoms with Crippen molar-refractivity contribution in [3.63, 3.8) is 0 Å². The summed E-state index contributed by atoms with van der Waals surface area (Å²) in [6.45, 7) is -0.547. The molecular formula is C9H12FN3O5. The van der Waals surface area contributed by atoms with E-state index in [1.165, 1.54) is 0 Å². The van der Waals surface area contributed by atoms with Gasteiger partial charge in [0.15, 0.2) is 17.9 Å². The van der Waals surface area contributed by atoms with E-state index in [9.17, 15) is 19.4 Å². The second-order valence-electron chi connectivity index (χ2n) is 3.89. The third-order valence-electron chi connectivity index (χ3n) is 2.73. The minimum absolute atomic E-state index is 0.547. The molecule has 18 heavy (non-hydrogen) atoms. The maximum absolute atomic E-state index is 13.2. The molecule has 9 heteroatoms. The molecule has 0 amide bonds. The molecule has 1 aliphatic heterocycles. The first-order valence-electron chi connectivity index (χ1n) is 5.12. The Labute approximate surface area is 100 Å². The first-order chi connectivity index (χ1) is 8.45. The van der Waals surface area contributed by atoms with Crippen LogP contribution in [-0.2, 0) is 4.74 Å². The average Bonchev–Trinajstić information content (AvgIpc) is 2.61. The van der Waals surface area contributed by atoms with Crippen LogP contribution in [0.2, 0.25) is 0 Å². The Morgan fingerprint density at radius 3 is 2.72 bits per heavy atom. The molecule has 1 saturated heterocycles. The number of nitrogen functional groups attached to an aromatic ring is 1. The summed E-state index contributed by atoms with van der Waals surface area (Å²) in [6, 6.07) is 0. The predicted molar refractivity (Wildman–Crippen MR) is 55.9 cm³/mol. The van der Waals surface area contributed by atoms with E-state index in [0.717, 1.165) is 6.20 Å². The van der Waals surface area contributed by atoms with Crippen LogP contribution in [0.15, 0.2) is 11.0 Å². The van der Waals surface area contributed by atoms with Gasteiger partial charge in [-0.15, -0.1) is 0 Å². The highest BCUT2D eigenvalue weighted by Crippen LogP contribution is 2.28. The summed E-state index contributed by atoms with van der Waals surface area (Å²) < 4.78 is 19.0. The van der Waals surface area contributed by atoms with Crippen molar-refractivity contribution in [1.29, 1.82) is 0 Å². The van der Waals surface area contributed by atoms with E-state index < -0.39 is 48.5 Å². The van der Waals surface area contributed by atoms with Crippen LogP contribution in [0.3, 0.4) is 0 Å². The molecule has 100 valence electrons. The van der Waals surface area contributed by atoms with Gasteiger partial charge in [-0.05, 0) is 0 Å². The van der Waals surface area contributed by atoms with Crippen molar-refractivity contribution in [1.82, 2.24) is 9.55 Å². The molecule has 0 aromatic carbocycles. The number of hydrogen-bond donors (Lipinski definition) is 4. The number of anilines is 1. The second kappa shape index (κ2) is 4.61. The van der Waals surface area contributed by atoms with E-state index in [1.54, 1.807) is 0 Å². The summed E-state index contributed by atoms with van der Waals surface area (Å²) in [6.07, 6.45) is -4.52. The summed E-state index contributed by atoms with van der Waals surface area (Å²) in [7, 11) is 0. The molecule has 1 aromatic heterocycles. The molecule has 5 N–H and O–H groups in total. The quantitative estimate of drug-likeness (QED) is 0.465. The molecule has 4 unspecified atom stereocenters. The van der Waals surface area contributed by atoms with Gasteiger partial charge in [-0.25, -0.2) is 9.18 Å². The zero-order chi connectivity index (χ0) is 13.4. The van der Waals surface area contributed by atoms with Gasteiger partial charge in [0, 0.05) is 0 Å². The van der Waals surface area contributed by atoms with Crippen LogP contribution < -0.4 is 11.4 Å². The molecule has 2 rings (SSSR count). The van der Waals surface area contributed by atoms with E-state index in [0.29, 0.717) is 4.57 Å². The number of aromatic nitrogens is 2. The van der Waals surface area contributed by atoms with E-state index in [4.69, 9.17) is 15.6 Å². The lowest BCUT2D eigenvalue weighted by Gasteiger charge is -2.17. The Morgan fingerprint density at radius 1 is 1.50 bits per heavy atom. The smallest absolute Gasteiger partial charge is 0.351 e. The van der Waals surface area contributed by atoms with Gasteiger partial charge in [0.1, 0.15) is 18.3 Å². The molecule has 1 fully saturated rings. The number of halogens is 1. The lowest BCUT2D eigenvalue weighted by molar-refractivity contribution is -0.0553. The van der Waals surface area contributed by atoms with Crippen LogP contribution in [-0.4, -0.2) is 49.8 Å². The van der Waals surface area contributed by atoms with Crippen molar-refractivity contribution in [2.45, 2.75) is 24.5 Å². The Balaban J connectivity index is 2.39. The zero-order valence-electron chi connectivity index (χ0n) is 9.10. The summed E-state index contributed by atoms with van der Waals surface area (Å²) in [4.78, 5) is 14.7. The molecule has 8 nitrogen and oxygen atoms in total. The predicted octanol–water partition coefficient (Wildman–Crippen LogP) is -2.42. The van der Waals surface area contributed by atoms with E-state index >= 15 is 0 Å². The van der Waals surface area contributed by atoms with E-state index in [2.05, 4.69) is 4.98 Å². The highest BCUT2D eigenvalue weighted by molar-refractivity contribution is 5.26. The largest absolute Gasteiger partial charge is 0.394 e. The fourth-order valence-electron chi connectivity index (χ4n) is 1.75. The molecular weight excluding hydrogens is 249 g/mol. The maximum atomic E-state index is 13.2. The van der Waals surface area contributed by atoms with Crippen LogP contribution in [0.25, 0.3) is 0 Å². The van der Waals surface area contributed by atoms with Crippen molar-refractivity contribution >= 4 is 5.82 Å². The van der Waals surface area contributed by atoms with Crippen LogP contribution >= 0.6 is 0 Å². The molecule has 2 heterocycles. The van der Waals surface area contributed by atoms with E-state index in [-0.39, 0.29) is 0 Å². The summed E-state index contributed by atoms with van der Waals surface area (Å²) >= 11 is 0. The normalized spacial score (nSPS) is 31.8. The fourth-order valence-corrected chi connectivity index (χ4v) is 1.75. The monoisotopic (exact) mass is 261 g/mol. The van der Waals surface area contributed by atoms with Gasteiger partial charge in [0.05, 0.1) is 12.8 Å². The van der Waals surface area contributed by atoms with Gasteiger partial charge < -0.3 is 25.8 Å². The number of hydrogen-bond acceptors (Lipinski definition) is 7. The third-order valence-corrected chi connectivity index (χ3v) is 2.73. The number of aliphatic hydroxyl groups is 3. The van der Waals surface area contributed by atoms with Crippen molar-refractivity contribution in [3.05, 3.63) is 22.5 Å². The highest BCUT2D eigenvalue weighted by atomic mass is 19.1. The number of nitrogens with two attached hydrogens (primary N) is 1. The first kappa shape index (κ1) is 12.9. The molecule has 1 aromatic rings. The standard InChI is InChI=1S/C9H12FN3O5/c10-3-1-13(9(17)12-7(3)11)8-6(16)5(15)4(2-14)18-8/h1,4-6,8,14-16H,2H2,(H2,11,12,17). The molecule has 0 radical (unpaired) electrons. The SMILES string of the molecule is Nc1nc(=O)n(C2OC(CO)C(O)C2O)cc1F. The molecule has 0 saturated carbocycles. The van der Waals surface area contributed by atoms with Crippen LogP contribution in [0.4, 0.5) is 10.2 Å². The molecule has 0 spiro atoms. The Morgan fingerprint density at radius 2 is 2.17 bits per heavy atom. The first-order valence-corrected chi connectivity index (χ1v) is 5.12. The van der Waals surface area contributed by atoms with Crippen LogP contribution in [0, 0.1) is 5.82 Å². The highest BCUT2D eigenvalue weighted by Gasteiger charge is 2.43. The minimum Gasteiger partial charge on any atom is -0.394 e. The van der Waals surface area contributed by atoms with Crippen molar-refractivity contribution in [2.75, 3.05) is 12.3 Å². The molecule has 1 aliphatic rings. The van der Waals surface area contributed by atoms with Crippen molar-refractivity contribution in [2.24, 2.45) is 0 Å². The summed E-state index contributed by atoms with van der Waals surface area (Å²) in [5, 5.41) is 28.1. The maximum Gasteiger partial charge on any atom is 0.351 e. The van der Waals surface area contributed by atoms with Gasteiger partial charge in [-0.1, -0.05) is 0 Å². The van der Waals surface area contributed by atoms with Crippen LogP contribution in [0.1, 0.15) is 6.23 Å². The molecule has 0 bridgehead atoms. The fraction of sp³-hybridized carbons (Fsp3) is 0.556. The Bertz CT molecular complexity index is 507.